The number of fused-ring (bicyclic) bond motifs is 1. The monoisotopic (exact) mass is 575 g/mol. The average molecular weight is 576 g/mol. The fourth-order valence-electron chi connectivity index (χ4n) is 4.49. The van der Waals surface area contributed by atoms with Crippen LogP contribution in [-0.4, -0.2) is 54.6 Å². The Kier molecular flexibility index (Phi) is 8.05. The number of nitrogens with zero attached hydrogens (tertiary/aromatic N) is 3. The van der Waals surface area contributed by atoms with Gasteiger partial charge in [0.25, 0.3) is 5.91 Å². The molecule has 0 unspecified atom stereocenters. The van der Waals surface area contributed by atoms with Crippen molar-refractivity contribution in [1.82, 2.24) is 14.9 Å². The first-order valence-corrected chi connectivity index (χ1v) is 13.4. The molecule has 1 fully saturated rings. The molecule has 2 heterocycles. The summed E-state index contributed by atoms with van der Waals surface area (Å²) in [5.74, 6) is 2.33. The summed E-state index contributed by atoms with van der Waals surface area (Å²) < 4.78 is 12.6. The fourth-order valence-corrected chi connectivity index (χ4v) is 4.96. The molecule has 0 bridgehead atoms. The highest BCUT2D eigenvalue weighted by atomic mass is 79.9. The minimum atomic E-state index is -0.166. The van der Waals surface area contributed by atoms with Crippen molar-refractivity contribution < 1.29 is 14.3 Å². The van der Waals surface area contributed by atoms with E-state index in [0.717, 1.165) is 47.0 Å². The Labute approximate surface area is 230 Å². The van der Waals surface area contributed by atoms with Crippen molar-refractivity contribution in [2.75, 3.05) is 44.5 Å². The van der Waals surface area contributed by atoms with Gasteiger partial charge in [-0.15, -0.1) is 0 Å². The second-order valence-electron chi connectivity index (χ2n) is 9.44. The van der Waals surface area contributed by atoms with Crippen LogP contribution in [0.1, 0.15) is 23.2 Å². The molecule has 1 amide bonds. The van der Waals surface area contributed by atoms with Crippen molar-refractivity contribution in [3.8, 4) is 11.5 Å². The van der Waals surface area contributed by atoms with Crippen molar-refractivity contribution in [3.05, 3.63) is 77.0 Å². The molecule has 0 aliphatic carbocycles. The van der Waals surface area contributed by atoms with Crippen LogP contribution < -0.4 is 20.1 Å². The highest BCUT2D eigenvalue weighted by Gasteiger charge is 2.19. The number of carbonyl (C=O) groups is 1. The van der Waals surface area contributed by atoms with Crippen LogP contribution in [0.5, 0.6) is 11.5 Å². The van der Waals surface area contributed by atoms with Crippen molar-refractivity contribution >= 4 is 49.9 Å². The summed E-state index contributed by atoms with van der Waals surface area (Å²) in [6.45, 7) is 2.86. The number of hydrogen-bond donors (Lipinski definition) is 2. The molecular formula is C29H30BrN5O3. The Bertz CT molecular complexity index is 1420. The molecule has 0 atom stereocenters. The van der Waals surface area contributed by atoms with Gasteiger partial charge in [0.2, 0.25) is 0 Å². The summed E-state index contributed by atoms with van der Waals surface area (Å²) in [6, 6.07) is 18.5. The minimum absolute atomic E-state index is 0.166. The summed E-state index contributed by atoms with van der Waals surface area (Å²) in [7, 11) is 3.80. The van der Waals surface area contributed by atoms with Crippen molar-refractivity contribution in [2.45, 2.75) is 12.8 Å². The normalized spacial score (nSPS) is 14.3. The maximum Gasteiger partial charge on any atom is 0.255 e. The fraction of sp³-hybridized carbons (Fsp3) is 0.276. The molecule has 1 aromatic heterocycles. The lowest BCUT2D eigenvalue weighted by Crippen LogP contribution is -2.32. The number of aromatic nitrogens is 2. The summed E-state index contributed by atoms with van der Waals surface area (Å²) in [5.41, 5.74) is 2.83. The van der Waals surface area contributed by atoms with E-state index < -0.39 is 0 Å². The molecule has 8 nitrogen and oxygen atoms in total. The first kappa shape index (κ1) is 25.9. The van der Waals surface area contributed by atoms with E-state index in [9.17, 15) is 4.79 Å². The van der Waals surface area contributed by atoms with Gasteiger partial charge in [0.05, 0.1) is 24.9 Å². The Balaban J connectivity index is 1.32. The summed E-state index contributed by atoms with van der Waals surface area (Å²) >= 11 is 3.61. The predicted molar refractivity (Wildman–Crippen MR) is 154 cm³/mol. The number of amides is 1. The topological polar surface area (TPSA) is 88.6 Å². The van der Waals surface area contributed by atoms with Crippen LogP contribution in [-0.2, 0) is 0 Å². The molecule has 196 valence electrons. The molecule has 3 aromatic carbocycles. The van der Waals surface area contributed by atoms with Gasteiger partial charge in [0, 0.05) is 27.2 Å². The Hall–Kier alpha value is -3.69. The maximum absolute atomic E-state index is 12.5. The SMILES string of the molecule is COc1cc2c(Nc3ccc(NC(=O)c4ccccc4)cc3Br)ncnc2cc1OCC1CCN(C)CC1. The van der Waals surface area contributed by atoms with Gasteiger partial charge < -0.3 is 25.0 Å². The van der Waals surface area contributed by atoms with Crippen LogP contribution in [0.15, 0.2) is 71.5 Å². The minimum Gasteiger partial charge on any atom is -0.493 e. The molecule has 0 saturated carbocycles. The smallest absolute Gasteiger partial charge is 0.255 e. The number of anilines is 3. The van der Waals surface area contributed by atoms with Crippen molar-refractivity contribution in [3.63, 3.8) is 0 Å². The second-order valence-corrected chi connectivity index (χ2v) is 10.3. The largest absolute Gasteiger partial charge is 0.493 e. The van der Waals surface area contributed by atoms with E-state index >= 15 is 0 Å². The summed E-state index contributed by atoms with van der Waals surface area (Å²) in [5, 5.41) is 7.11. The lowest BCUT2D eigenvalue weighted by Gasteiger charge is -2.28. The number of halogens is 1. The van der Waals surface area contributed by atoms with E-state index in [0.29, 0.717) is 41.1 Å². The Morgan fingerprint density at radius 1 is 1.05 bits per heavy atom. The van der Waals surface area contributed by atoms with Crippen LogP contribution in [0.2, 0.25) is 0 Å². The van der Waals surface area contributed by atoms with Crippen LogP contribution in [0, 0.1) is 5.92 Å². The lowest BCUT2D eigenvalue weighted by atomic mass is 9.98. The molecule has 0 radical (unpaired) electrons. The van der Waals surface area contributed by atoms with E-state index in [1.807, 2.05) is 48.5 Å². The van der Waals surface area contributed by atoms with Crippen LogP contribution in [0.3, 0.4) is 0 Å². The Morgan fingerprint density at radius 2 is 1.84 bits per heavy atom. The average Bonchev–Trinajstić information content (AvgIpc) is 2.94. The molecule has 2 N–H and O–H groups in total. The molecule has 0 spiro atoms. The number of rotatable bonds is 8. The zero-order valence-corrected chi connectivity index (χ0v) is 23.0. The van der Waals surface area contributed by atoms with Gasteiger partial charge in [-0.1, -0.05) is 18.2 Å². The lowest BCUT2D eigenvalue weighted by molar-refractivity contribution is 0.102. The number of piperidine rings is 1. The zero-order chi connectivity index (χ0) is 26.5. The first-order valence-electron chi connectivity index (χ1n) is 12.6. The summed E-state index contributed by atoms with van der Waals surface area (Å²) in [4.78, 5) is 23.8. The van der Waals surface area contributed by atoms with E-state index in [1.165, 1.54) is 6.33 Å². The molecule has 9 heteroatoms. The highest BCUT2D eigenvalue weighted by molar-refractivity contribution is 9.10. The molecule has 4 aromatic rings. The van der Waals surface area contributed by atoms with Gasteiger partial charge >= 0.3 is 0 Å². The quantitative estimate of drug-likeness (QED) is 0.261. The number of ether oxygens (including phenoxy) is 2. The third-order valence-corrected chi connectivity index (χ3v) is 7.41. The Morgan fingerprint density at radius 3 is 2.58 bits per heavy atom. The van der Waals surface area contributed by atoms with Crippen molar-refractivity contribution in [2.24, 2.45) is 5.92 Å². The van der Waals surface area contributed by atoms with Gasteiger partial charge in [-0.25, -0.2) is 9.97 Å². The molecule has 38 heavy (non-hydrogen) atoms. The number of hydrogen-bond acceptors (Lipinski definition) is 7. The second kappa shape index (κ2) is 11.8. The zero-order valence-electron chi connectivity index (χ0n) is 21.4. The maximum atomic E-state index is 12.5. The van der Waals surface area contributed by atoms with E-state index in [-0.39, 0.29) is 5.91 Å². The van der Waals surface area contributed by atoms with E-state index in [4.69, 9.17) is 9.47 Å². The number of nitrogens with one attached hydrogen (secondary N) is 2. The van der Waals surface area contributed by atoms with Crippen LogP contribution in [0.25, 0.3) is 10.9 Å². The van der Waals surface area contributed by atoms with Crippen molar-refractivity contribution in [1.29, 1.82) is 0 Å². The first-order chi connectivity index (χ1) is 18.5. The van der Waals surface area contributed by atoms with Gasteiger partial charge in [-0.3, -0.25) is 4.79 Å². The van der Waals surface area contributed by atoms with Crippen LogP contribution >= 0.6 is 15.9 Å². The predicted octanol–water partition coefficient (Wildman–Crippen LogP) is 6.12. The number of likely N-dealkylation sites (tertiary alicyclic amines) is 1. The van der Waals surface area contributed by atoms with Crippen LogP contribution in [0.4, 0.5) is 17.2 Å². The van der Waals surface area contributed by atoms with E-state index in [2.05, 4.69) is 48.5 Å². The number of methoxy groups -OCH3 is 1. The third kappa shape index (κ3) is 6.06. The highest BCUT2D eigenvalue weighted by Crippen LogP contribution is 2.36. The molecule has 1 saturated heterocycles. The van der Waals surface area contributed by atoms with E-state index in [1.54, 1.807) is 19.2 Å². The molecule has 1 aliphatic heterocycles. The third-order valence-electron chi connectivity index (χ3n) is 6.75. The molecule has 5 rings (SSSR count). The molecule has 1 aliphatic rings. The van der Waals surface area contributed by atoms with Gasteiger partial charge in [0.15, 0.2) is 11.5 Å². The van der Waals surface area contributed by atoms with Gasteiger partial charge in [-0.2, -0.15) is 0 Å². The van der Waals surface area contributed by atoms with Gasteiger partial charge in [-0.05, 0) is 91.2 Å². The summed E-state index contributed by atoms with van der Waals surface area (Å²) in [6.07, 6.45) is 3.79. The molecular weight excluding hydrogens is 546 g/mol. The van der Waals surface area contributed by atoms with Gasteiger partial charge in [0.1, 0.15) is 12.1 Å². The number of carbonyl (C=O) groups excluding carboxylic acids is 1. The standard InChI is InChI=1S/C29H30BrN5O3/c1-35-12-10-19(11-13-35)17-38-27-16-25-22(15-26(27)37-2)28(32-18-31-25)34-24-9-8-21(14-23(24)30)33-29(36)20-6-4-3-5-7-20/h3-9,14-16,18-19H,10-13,17H2,1-2H3,(H,33,36)(H,31,32,34). The number of benzene rings is 3.